The Balaban J connectivity index is 2.24. The zero-order valence-corrected chi connectivity index (χ0v) is 9.25. The maximum Gasteiger partial charge on any atom is 0.221 e. The van der Waals surface area contributed by atoms with Crippen molar-refractivity contribution in [1.82, 2.24) is 5.32 Å². The molecule has 1 rings (SSSR count). The lowest BCUT2D eigenvalue weighted by Crippen LogP contribution is -2.39. The minimum Gasteiger partial charge on any atom is -0.353 e. The Morgan fingerprint density at radius 2 is 2.00 bits per heavy atom. The van der Waals surface area contributed by atoms with Crippen LogP contribution in [0.5, 0.6) is 0 Å². The second kappa shape index (κ2) is 5.35. The lowest BCUT2D eigenvalue weighted by atomic mass is 9.99. The Kier molecular flexibility index (Phi) is 4.39. The van der Waals surface area contributed by atoms with E-state index in [1.807, 2.05) is 6.92 Å². The highest BCUT2D eigenvalue weighted by Gasteiger charge is 2.22. The highest BCUT2D eigenvalue weighted by Crippen LogP contribution is 2.27. The molecule has 1 aliphatic carbocycles. The molecule has 0 heterocycles. The predicted molar refractivity (Wildman–Crippen MR) is 57.8 cm³/mol. The summed E-state index contributed by atoms with van der Waals surface area (Å²) < 4.78 is 0. The molecular weight excluding hydrogens is 176 g/mol. The first-order valence-corrected chi connectivity index (χ1v) is 5.64. The van der Waals surface area contributed by atoms with Crippen LogP contribution in [0.1, 0.15) is 46.0 Å². The highest BCUT2D eigenvalue weighted by molar-refractivity contribution is 5.76. The minimum absolute atomic E-state index is 0.0363. The van der Waals surface area contributed by atoms with Gasteiger partial charge in [-0.1, -0.05) is 12.8 Å². The SMILES string of the molecule is CC(N)CC(=O)N[C@@H](C)C1CCCC1. The third-order valence-corrected chi connectivity index (χ3v) is 3.00. The summed E-state index contributed by atoms with van der Waals surface area (Å²) in [7, 11) is 0. The molecule has 0 aromatic heterocycles. The van der Waals surface area contributed by atoms with Crippen molar-refractivity contribution >= 4 is 5.91 Å². The second-order valence-electron chi connectivity index (χ2n) is 4.58. The number of carbonyl (C=O) groups excluding carboxylic acids is 1. The van der Waals surface area contributed by atoms with Gasteiger partial charge in [0.25, 0.3) is 0 Å². The molecule has 1 amide bonds. The van der Waals surface area contributed by atoms with Crippen LogP contribution in [0.3, 0.4) is 0 Å². The Morgan fingerprint density at radius 1 is 1.43 bits per heavy atom. The maximum atomic E-state index is 11.4. The third-order valence-electron chi connectivity index (χ3n) is 3.00. The van der Waals surface area contributed by atoms with Crippen LogP contribution in [-0.4, -0.2) is 18.0 Å². The number of nitrogens with two attached hydrogens (primary N) is 1. The molecule has 2 atom stereocenters. The van der Waals surface area contributed by atoms with Crippen LogP contribution in [0.15, 0.2) is 0 Å². The highest BCUT2D eigenvalue weighted by atomic mass is 16.1. The molecule has 1 saturated carbocycles. The van der Waals surface area contributed by atoms with E-state index >= 15 is 0 Å². The van der Waals surface area contributed by atoms with Crippen LogP contribution in [0.25, 0.3) is 0 Å². The molecule has 0 saturated heterocycles. The second-order valence-corrected chi connectivity index (χ2v) is 4.58. The average Bonchev–Trinajstić information content (AvgIpc) is 2.53. The summed E-state index contributed by atoms with van der Waals surface area (Å²) in [5, 5.41) is 3.03. The number of hydrogen-bond acceptors (Lipinski definition) is 2. The van der Waals surface area contributed by atoms with Crippen molar-refractivity contribution in [3.8, 4) is 0 Å². The third kappa shape index (κ3) is 3.66. The molecule has 1 unspecified atom stereocenters. The number of amides is 1. The van der Waals surface area contributed by atoms with Crippen LogP contribution < -0.4 is 11.1 Å². The molecule has 0 spiro atoms. The monoisotopic (exact) mass is 198 g/mol. The van der Waals surface area contributed by atoms with E-state index in [1.54, 1.807) is 0 Å². The molecule has 0 aromatic rings. The summed E-state index contributed by atoms with van der Waals surface area (Å²) in [4.78, 5) is 11.4. The van der Waals surface area contributed by atoms with Gasteiger partial charge in [0.2, 0.25) is 5.91 Å². The van der Waals surface area contributed by atoms with Crippen LogP contribution in [-0.2, 0) is 4.79 Å². The molecule has 1 fully saturated rings. The first-order chi connectivity index (χ1) is 6.59. The van der Waals surface area contributed by atoms with Crippen LogP contribution in [0, 0.1) is 5.92 Å². The Hall–Kier alpha value is -0.570. The van der Waals surface area contributed by atoms with Gasteiger partial charge in [0.05, 0.1) is 0 Å². The van der Waals surface area contributed by atoms with Crippen molar-refractivity contribution in [2.45, 2.75) is 58.0 Å². The van der Waals surface area contributed by atoms with E-state index in [9.17, 15) is 4.79 Å². The number of carbonyl (C=O) groups is 1. The van der Waals surface area contributed by atoms with E-state index in [2.05, 4.69) is 12.2 Å². The predicted octanol–water partition coefficient (Wildman–Crippen LogP) is 1.42. The fourth-order valence-corrected chi connectivity index (χ4v) is 2.18. The zero-order valence-electron chi connectivity index (χ0n) is 9.25. The maximum absolute atomic E-state index is 11.4. The van der Waals surface area contributed by atoms with Gasteiger partial charge < -0.3 is 11.1 Å². The van der Waals surface area contributed by atoms with Crippen LogP contribution in [0.4, 0.5) is 0 Å². The number of nitrogens with one attached hydrogen (secondary N) is 1. The molecule has 0 aliphatic heterocycles. The van der Waals surface area contributed by atoms with Gasteiger partial charge in [-0.25, -0.2) is 0 Å². The topological polar surface area (TPSA) is 55.1 Å². The van der Waals surface area contributed by atoms with E-state index in [1.165, 1.54) is 25.7 Å². The van der Waals surface area contributed by atoms with Gasteiger partial charge >= 0.3 is 0 Å². The lowest BCUT2D eigenvalue weighted by Gasteiger charge is -2.20. The van der Waals surface area contributed by atoms with Gasteiger partial charge in [-0.05, 0) is 32.6 Å². The van der Waals surface area contributed by atoms with Gasteiger partial charge in [0, 0.05) is 18.5 Å². The minimum atomic E-state index is -0.0363. The Bertz CT molecular complexity index is 186. The van der Waals surface area contributed by atoms with E-state index in [0.717, 1.165) is 0 Å². The van der Waals surface area contributed by atoms with Gasteiger partial charge in [-0.15, -0.1) is 0 Å². The largest absolute Gasteiger partial charge is 0.353 e. The van der Waals surface area contributed by atoms with Crippen molar-refractivity contribution < 1.29 is 4.79 Å². The zero-order chi connectivity index (χ0) is 10.6. The lowest BCUT2D eigenvalue weighted by molar-refractivity contribution is -0.122. The van der Waals surface area contributed by atoms with Crippen LogP contribution >= 0.6 is 0 Å². The fourth-order valence-electron chi connectivity index (χ4n) is 2.18. The van der Waals surface area contributed by atoms with E-state index in [-0.39, 0.29) is 11.9 Å². The van der Waals surface area contributed by atoms with Gasteiger partial charge in [-0.3, -0.25) is 4.79 Å². The van der Waals surface area contributed by atoms with Crippen LogP contribution in [0.2, 0.25) is 0 Å². The first-order valence-electron chi connectivity index (χ1n) is 5.64. The molecule has 3 nitrogen and oxygen atoms in total. The molecule has 14 heavy (non-hydrogen) atoms. The molecule has 0 radical (unpaired) electrons. The van der Waals surface area contributed by atoms with Gasteiger partial charge in [0.15, 0.2) is 0 Å². The van der Waals surface area contributed by atoms with Crippen molar-refractivity contribution in [2.75, 3.05) is 0 Å². The molecule has 0 aromatic carbocycles. The van der Waals surface area contributed by atoms with Gasteiger partial charge in [0.1, 0.15) is 0 Å². The standard InChI is InChI=1S/C11H22N2O/c1-8(12)7-11(14)13-9(2)10-5-3-4-6-10/h8-10H,3-7,12H2,1-2H3,(H,13,14)/t8?,9-/m0/s1. The van der Waals surface area contributed by atoms with Crippen molar-refractivity contribution in [2.24, 2.45) is 11.7 Å². The van der Waals surface area contributed by atoms with Crippen molar-refractivity contribution in [3.63, 3.8) is 0 Å². The van der Waals surface area contributed by atoms with Crippen molar-refractivity contribution in [1.29, 1.82) is 0 Å². The average molecular weight is 198 g/mol. The number of rotatable bonds is 4. The summed E-state index contributed by atoms with van der Waals surface area (Å²) in [5.74, 6) is 0.784. The quantitative estimate of drug-likeness (QED) is 0.717. The Morgan fingerprint density at radius 3 is 2.50 bits per heavy atom. The van der Waals surface area contributed by atoms with E-state index < -0.39 is 0 Å². The molecule has 82 valence electrons. The fraction of sp³-hybridized carbons (Fsp3) is 0.909. The molecule has 3 N–H and O–H groups in total. The summed E-state index contributed by atoms with van der Waals surface area (Å²) >= 11 is 0. The van der Waals surface area contributed by atoms with Crippen molar-refractivity contribution in [3.05, 3.63) is 0 Å². The first kappa shape index (κ1) is 11.5. The normalized spacial score (nSPS) is 21.9. The number of hydrogen-bond donors (Lipinski definition) is 2. The summed E-state index contributed by atoms with van der Waals surface area (Å²) in [6.45, 7) is 3.97. The summed E-state index contributed by atoms with van der Waals surface area (Å²) in [5.41, 5.74) is 5.56. The molecule has 0 bridgehead atoms. The molecular formula is C11H22N2O. The van der Waals surface area contributed by atoms with E-state index in [4.69, 9.17) is 5.73 Å². The Labute approximate surface area is 86.4 Å². The summed E-state index contributed by atoms with van der Waals surface area (Å²) in [6.07, 6.45) is 5.60. The smallest absolute Gasteiger partial charge is 0.221 e. The molecule has 3 heteroatoms. The summed E-state index contributed by atoms with van der Waals surface area (Å²) in [6, 6.07) is 0.287. The van der Waals surface area contributed by atoms with Gasteiger partial charge in [-0.2, -0.15) is 0 Å². The molecule has 1 aliphatic rings. The van der Waals surface area contributed by atoms with E-state index in [0.29, 0.717) is 18.4 Å².